The fourth-order valence-corrected chi connectivity index (χ4v) is 2.14. The Morgan fingerprint density at radius 2 is 2.05 bits per heavy atom. The molecule has 2 aromatic rings. The van der Waals surface area contributed by atoms with Crippen molar-refractivity contribution in [3.8, 4) is 0 Å². The molecule has 22 heavy (non-hydrogen) atoms. The second-order valence-corrected chi connectivity index (χ2v) is 5.24. The van der Waals surface area contributed by atoms with Gasteiger partial charge in [-0.2, -0.15) is 0 Å². The summed E-state index contributed by atoms with van der Waals surface area (Å²) in [5, 5.41) is 19.0. The van der Waals surface area contributed by atoms with Gasteiger partial charge < -0.3 is 10.4 Å². The Hall–Kier alpha value is -2.70. The minimum Gasteiger partial charge on any atom is -0.481 e. The number of aromatic nitrogens is 3. The maximum Gasteiger partial charge on any atom is 0.309 e. The van der Waals surface area contributed by atoms with E-state index in [1.807, 2.05) is 38.1 Å². The molecular weight excluding hydrogens is 284 g/mol. The van der Waals surface area contributed by atoms with E-state index in [0.29, 0.717) is 5.69 Å². The maximum absolute atomic E-state index is 12.1. The van der Waals surface area contributed by atoms with Gasteiger partial charge in [-0.05, 0) is 17.5 Å². The Bertz CT molecular complexity index is 679. The molecule has 1 amide bonds. The Morgan fingerprint density at radius 3 is 2.73 bits per heavy atom. The number of nitrogens with zero attached hydrogens (tertiary/aromatic N) is 3. The zero-order chi connectivity index (χ0) is 16.1. The van der Waals surface area contributed by atoms with E-state index >= 15 is 0 Å². The zero-order valence-electron chi connectivity index (χ0n) is 12.5. The molecule has 2 rings (SSSR count). The van der Waals surface area contributed by atoms with Crippen LogP contribution in [-0.2, 0) is 22.6 Å². The van der Waals surface area contributed by atoms with Gasteiger partial charge >= 0.3 is 5.97 Å². The fraction of sp³-hybridized carbons (Fsp3) is 0.333. The highest BCUT2D eigenvalue weighted by molar-refractivity contribution is 5.91. The predicted octanol–water partition coefficient (Wildman–Crippen LogP) is 1.67. The molecule has 0 bridgehead atoms. The molecule has 0 aliphatic heterocycles. The smallest absolute Gasteiger partial charge is 0.309 e. The van der Waals surface area contributed by atoms with Crippen LogP contribution in [-0.4, -0.2) is 32.0 Å². The topological polar surface area (TPSA) is 97.1 Å². The molecule has 0 aliphatic rings. The number of para-hydroxylation sites is 1. The number of carboxylic acid groups (broad SMARTS) is 1. The molecule has 7 heteroatoms. The lowest BCUT2D eigenvalue weighted by Gasteiger charge is -2.13. The summed E-state index contributed by atoms with van der Waals surface area (Å²) >= 11 is 0. The average molecular weight is 302 g/mol. The van der Waals surface area contributed by atoms with E-state index in [1.54, 1.807) is 0 Å². The predicted molar refractivity (Wildman–Crippen MR) is 80.5 cm³/mol. The lowest BCUT2D eigenvalue weighted by atomic mass is 10.0. The van der Waals surface area contributed by atoms with Crippen molar-refractivity contribution in [3.63, 3.8) is 0 Å². The van der Waals surface area contributed by atoms with Crippen molar-refractivity contribution < 1.29 is 14.7 Å². The van der Waals surface area contributed by atoms with Gasteiger partial charge in [0.05, 0.1) is 18.3 Å². The van der Waals surface area contributed by atoms with E-state index in [4.69, 9.17) is 5.11 Å². The highest BCUT2D eigenvalue weighted by Crippen LogP contribution is 2.23. The number of carbonyl (C=O) groups is 2. The van der Waals surface area contributed by atoms with Crippen molar-refractivity contribution >= 4 is 17.6 Å². The van der Waals surface area contributed by atoms with Gasteiger partial charge in [0.25, 0.3) is 0 Å². The quantitative estimate of drug-likeness (QED) is 0.846. The van der Waals surface area contributed by atoms with Gasteiger partial charge in [-0.1, -0.05) is 37.3 Å². The van der Waals surface area contributed by atoms with Gasteiger partial charge in [0.1, 0.15) is 6.54 Å². The number of carbonyl (C=O) groups excluding carboxylic acids is 1. The van der Waals surface area contributed by atoms with E-state index < -0.39 is 5.97 Å². The molecule has 1 aromatic heterocycles. The first-order valence-corrected chi connectivity index (χ1v) is 6.95. The zero-order valence-corrected chi connectivity index (χ0v) is 12.5. The van der Waals surface area contributed by atoms with Crippen molar-refractivity contribution in [3.05, 3.63) is 41.7 Å². The largest absolute Gasteiger partial charge is 0.481 e. The summed E-state index contributed by atoms with van der Waals surface area (Å²) in [6.45, 7) is 4.02. The summed E-state index contributed by atoms with van der Waals surface area (Å²) < 4.78 is 1.29. The molecule has 0 radical (unpaired) electrons. The molecule has 0 atom stereocenters. The molecule has 0 aliphatic carbocycles. The van der Waals surface area contributed by atoms with Gasteiger partial charge in [-0.15, -0.1) is 5.10 Å². The van der Waals surface area contributed by atoms with Crippen LogP contribution in [0.5, 0.6) is 0 Å². The monoisotopic (exact) mass is 302 g/mol. The SMILES string of the molecule is CC(C)c1ccccc1NC(=O)Cn1nncc1CC(=O)O. The van der Waals surface area contributed by atoms with Crippen LogP contribution in [0.3, 0.4) is 0 Å². The van der Waals surface area contributed by atoms with Crippen LogP contribution in [0.25, 0.3) is 0 Å². The summed E-state index contributed by atoms with van der Waals surface area (Å²) in [7, 11) is 0. The number of nitrogens with one attached hydrogen (secondary N) is 1. The number of aliphatic carboxylic acids is 1. The second kappa shape index (κ2) is 6.84. The molecule has 1 heterocycles. The number of rotatable bonds is 6. The minimum absolute atomic E-state index is 0.0744. The molecule has 0 unspecified atom stereocenters. The maximum atomic E-state index is 12.1. The third-order valence-corrected chi connectivity index (χ3v) is 3.18. The van der Waals surface area contributed by atoms with Gasteiger partial charge in [0, 0.05) is 5.69 Å². The molecule has 116 valence electrons. The number of benzene rings is 1. The van der Waals surface area contributed by atoms with E-state index in [2.05, 4.69) is 15.6 Å². The van der Waals surface area contributed by atoms with E-state index in [-0.39, 0.29) is 24.8 Å². The summed E-state index contributed by atoms with van der Waals surface area (Å²) in [5.74, 6) is -0.982. The third kappa shape index (κ3) is 3.91. The van der Waals surface area contributed by atoms with Crippen molar-refractivity contribution in [1.82, 2.24) is 15.0 Å². The number of amides is 1. The van der Waals surface area contributed by atoms with Crippen LogP contribution in [0.4, 0.5) is 5.69 Å². The Morgan fingerprint density at radius 1 is 1.32 bits per heavy atom. The van der Waals surface area contributed by atoms with Crippen molar-refractivity contribution in [2.75, 3.05) is 5.32 Å². The Kier molecular flexibility index (Phi) is 4.88. The fourth-order valence-electron chi connectivity index (χ4n) is 2.14. The van der Waals surface area contributed by atoms with Crippen LogP contribution in [0.15, 0.2) is 30.5 Å². The average Bonchev–Trinajstić information content (AvgIpc) is 2.85. The molecule has 1 aromatic carbocycles. The summed E-state index contributed by atoms with van der Waals surface area (Å²) in [6, 6.07) is 7.58. The third-order valence-electron chi connectivity index (χ3n) is 3.18. The molecular formula is C15H18N4O3. The molecule has 0 saturated heterocycles. The molecule has 0 fully saturated rings. The van der Waals surface area contributed by atoms with E-state index in [9.17, 15) is 9.59 Å². The minimum atomic E-state index is -0.992. The lowest BCUT2D eigenvalue weighted by molar-refractivity contribution is -0.136. The van der Waals surface area contributed by atoms with Gasteiger partial charge in [0.15, 0.2) is 0 Å². The van der Waals surface area contributed by atoms with Gasteiger partial charge in [0.2, 0.25) is 5.91 Å². The van der Waals surface area contributed by atoms with Crippen LogP contribution >= 0.6 is 0 Å². The van der Waals surface area contributed by atoms with Crippen LogP contribution in [0.2, 0.25) is 0 Å². The van der Waals surface area contributed by atoms with Crippen molar-refractivity contribution in [1.29, 1.82) is 0 Å². The number of anilines is 1. The Labute approximate surface area is 128 Å². The van der Waals surface area contributed by atoms with E-state index in [1.165, 1.54) is 10.9 Å². The standard InChI is InChI=1S/C15H18N4O3/c1-10(2)12-5-3-4-6-13(12)17-14(20)9-19-11(7-15(21)22)8-16-18-19/h3-6,8,10H,7,9H2,1-2H3,(H,17,20)(H,21,22). The van der Waals surface area contributed by atoms with Crippen LogP contribution in [0.1, 0.15) is 31.0 Å². The van der Waals surface area contributed by atoms with Crippen LogP contribution in [0, 0.1) is 0 Å². The summed E-state index contributed by atoms with van der Waals surface area (Å²) in [5.41, 5.74) is 2.18. The summed E-state index contributed by atoms with van der Waals surface area (Å²) in [4.78, 5) is 22.9. The van der Waals surface area contributed by atoms with Crippen LogP contribution < -0.4 is 5.32 Å². The molecule has 0 saturated carbocycles. The Balaban J connectivity index is 2.08. The highest BCUT2D eigenvalue weighted by atomic mass is 16.4. The number of hydrogen-bond donors (Lipinski definition) is 2. The van der Waals surface area contributed by atoms with Crippen molar-refractivity contribution in [2.24, 2.45) is 0 Å². The van der Waals surface area contributed by atoms with Gasteiger partial charge in [-0.3, -0.25) is 9.59 Å². The molecule has 7 nitrogen and oxygen atoms in total. The second-order valence-electron chi connectivity index (χ2n) is 5.24. The first-order valence-electron chi connectivity index (χ1n) is 6.95. The molecule has 2 N–H and O–H groups in total. The lowest BCUT2D eigenvalue weighted by Crippen LogP contribution is -2.22. The molecule has 0 spiro atoms. The number of hydrogen-bond acceptors (Lipinski definition) is 4. The van der Waals surface area contributed by atoms with Gasteiger partial charge in [-0.25, -0.2) is 4.68 Å². The highest BCUT2D eigenvalue weighted by Gasteiger charge is 2.13. The summed E-state index contributed by atoms with van der Waals surface area (Å²) in [6.07, 6.45) is 1.13. The first kappa shape index (κ1) is 15.7. The first-order chi connectivity index (χ1) is 10.5. The van der Waals surface area contributed by atoms with E-state index in [0.717, 1.165) is 11.3 Å². The normalized spacial score (nSPS) is 10.7. The number of carboxylic acids is 1. The van der Waals surface area contributed by atoms with Crippen molar-refractivity contribution in [2.45, 2.75) is 32.7 Å².